The summed E-state index contributed by atoms with van der Waals surface area (Å²) < 4.78 is 23.3. The summed E-state index contributed by atoms with van der Waals surface area (Å²) >= 11 is 0. The third kappa shape index (κ3) is 6.49. The highest BCUT2D eigenvalue weighted by molar-refractivity contribution is 5.84. The van der Waals surface area contributed by atoms with Gasteiger partial charge >= 0.3 is 0 Å². The molecule has 1 aromatic heterocycles. The van der Waals surface area contributed by atoms with E-state index in [0.717, 1.165) is 66.0 Å². The first-order valence-electron chi connectivity index (χ1n) is 13.2. The maximum atomic E-state index is 9.17. The summed E-state index contributed by atoms with van der Waals surface area (Å²) in [5, 5.41) is 14.7. The lowest BCUT2D eigenvalue weighted by molar-refractivity contribution is -0.0661. The topological polar surface area (TPSA) is 84.0 Å². The number of nitriles is 1. The van der Waals surface area contributed by atoms with Crippen molar-refractivity contribution in [2.24, 2.45) is 5.92 Å². The number of piperidine rings is 1. The van der Waals surface area contributed by atoms with Gasteiger partial charge in [0.05, 0.1) is 36.1 Å². The summed E-state index contributed by atoms with van der Waals surface area (Å²) in [7, 11) is 4.07. The van der Waals surface area contributed by atoms with Crippen LogP contribution in [0.15, 0.2) is 40.9 Å². The minimum absolute atomic E-state index is 0.0500. The Labute approximate surface area is 218 Å². The van der Waals surface area contributed by atoms with Gasteiger partial charge in [-0.2, -0.15) is 5.26 Å². The molecule has 8 nitrogen and oxygen atoms in total. The Balaban J connectivity index is 1.22. The maximum Gasteiger partial charge on any atom is 0.175 e. The molecule has 0 amide bonds. The third-order valence-electron chi connectivity index (χ3n) is 7.29. The highest BCUT2D eigenvalue weighted by Crippen LogP contribution is 2.33. The van der Waals surface area contributed by atoms with E-state index in [4.69, 9.17) is 18.7 Å². The van der Waals surface area contributed by atoms with Gasteiger partial charge < -0.3 is 23.6 Å². The Morgan fingerprint density at radius 2 is 1.95 bits per heavy atom. The first kappa shape index (κ1) is 25.7. The number of hydrogen-bond acceptors (Lipinski definition) is 8. The number of ether oxygens (including phenoxy) is 3. The lowest BCUT2D eigenvalue weighted by Gasteiger charge is -2.32. The van der Waals surface area contributed by atoms with Crippen molar-refractivity contribution in [2.45, 2.75) is 45.1 Å². The van der Waals surface area contributed by atoms with E-state index in [1.165, 1.54) is 12.8 Å². The first-order chi connectivity index (χ1) is 18.1. The fraction of sp³-hybridized carbons (Fsp3) is 0.517. The normalized spacial score (nSPS) is 17.6. The molecule has 0 N–H and O–H groups in total. The Bertz CT molecular complexity index is 1220. The molecule has 0 aliphatic carbocycles. The molecule has 3 aromatic rings. The zero-order chi connectivity index (χ0) is 25.6. The number of likely N-dealkylation sites (tertiary alicyclic amines) is 1. The van der Waals surface area contributed by atoms with Crippen LogP contribution in [0.25, 0.3) is 11.0 Å². The molecular formula is C29H36N4O4. The summed E-state index contributed by atoms with van der Waals surface area (Å²) in [5.74, 6) is 1.48. The van der Waals surface area contributed by atoms with E-state index in [1.54, 1.807) is 6.07 Å². The molecule has 0 atom stereocenters. The van der Waals surface area contributed by atoms with Crippen LogP contribution < -0.4 is 4.74 Å². The second-order valence-corrected chi connectivity index (χ2v) is 10.3. The molecule has 2 saturated heterocycles. The average molecular weight is 505 g/mol. The predicted molar refractivity (Wildman–Crippen MR) is 140 cm³/mol. The number of rotatable bonds is 10. The lowest BCUT2D eigenvalue weighted by atomic mass is 9.91. The van der Waals surface area contributed by atoms with Crippen LogP contribution >= 0.6 is 0 Å². The molecule has 0 unspecified atom stereocenters. The highest BCUT2D eigenvalue weighted by atomic mass is 16.7. The Kier molecular flexibility index (Phi) is 8.37. The summed E-state index contributed by atoms with van der Waals surface area (Å²) in [6, 6.07) is 13.8. The van der Waals surface area contributed by atoms with Crippen molar-refractivity contribution in [3.8, 4) is 11.8 Å². The predicted octanol–water partition coefficient (Wildman–Crippen LogP) is 4.36. The molecular weight excluding hydrogens is 468 g/mol. The molecule has 2 fully saturated rings. The van der Waals surface area contributed by atoms with Gasteiger partial charge in [0.1, 0.15) is 12.4 Å². The van der Waals surface area contributed by atoms with Crippen LogP contribution in [0.5, 0.6) is 5.75 Å². The second-order valence-electron chi connectivity index (χ2n) is 10.3. The van der Waals surface area contributed by atoms with Crippen molar-refractivity contribution in [1.82, 2.24) is 15.0 Å². The van der Waals surface area contributed by atoms with Gasteiger partial charge in [0.25, 0.3) is 0 Å². The van der Waals surface area contributed by atoms with Crippen LogP contribution in [0.2, 0.25) is 0 Å². The molecule has 0 radical (unpaired) electrons. The standard InChI is InChI=1S/C29H36N4O4/c1-32(2)18-25-27(36-20-23-5-3-4-22(16-23)17-30)9-7-24-26(31-37-29(24)25)8-6-21-10-12-33(13-11-21)19-28-34-14-15-35-28/h3-5,7,9,16,21,28H,6,8,10-15,18-20H2,1-2H3. The van der Waals surface area contributed by atoms with Gasteiger partial charge in [-0.05, 0) is 88.6 Å². The molecule has 3 heterocycles. The molecule has 2 aliphatic heterocycles. The largest absolute Gasteiger partial charge is 0.488 e. The van der Waals surface area contributed by atoms with Gasteiger partial charge in [0, 0.05) is 18.5 Å². The SMILES string of the molecule is CN(C)Cc1c(OCc2cccc(C#N)c2)ccc2c(CCC3CCN(CC4OCCO4)CC3)noc12. The van der Waals surface area contributed by atoms with E-state index in [-0.39, 0.29) is 6.29 Å². The van der Waals surface area contributed by atoms with E-state index < -0.39 is 0 Å². The van der Waals surface area contributed by atoms with E-state index in [0.29, 0.717) is 37.8 Å². The van der Waals surface area contributed by atoms with Gasteiger partial charge in [-0.15, -0.1) is 0 Å². The van der Waals surface area contributed by atoms with E-state index in [1.807, 2.05) is 38.4 Å². The molecule has 2 aliphatic rings. The number of fused-ring (bicyclic) bond motifs is 1. The molecule has 8 heteroatoms. The van der Waals surface area contributed by atoms with Gasteiger partial charge in [-0.25, -0.2) is 0 Å². The Hall–Kier alpha value is -2.96. The number of hydrogen-bond donors (Lipinski definition) is 0. The molecule has 0 saturated carbocycles. The first-order valence-corrected chi connectivity index (χ1v) is 13.2. The Morgan fingerprint density at radius 1 is 1.14 bits per heavy atom. The van der Waals surface area contributed by atoms with Crippen molar-refractivity contribution in [3.05, 3.63) is 58.8 Å². The van der Waals surface area contributed by atoms with Gasteiger partial charge in [-0.3, -0.25) is 4.90 Å². The third-order valence-corrected chi connectivity index (χ3v) is 7.29. The molecule has 196 valence electrons. The van der Waals surface area contributed by atoms with Crippen molar-refractivity contribution in [1.29, 1.82) is 5.26 Å². The van der Waals surface area contributed by atoms with Gasteiger partial charge in [0.15, 0.2) is 11.9 Å². The molecule has 0 bridgehead atoms. The smallest absolute Gasteiger partial charge is 0.175 e. The van der Waals surface area contributed by atoms with E-state index in [9.17, 15) is 5.26 Å². The van der Waals surface area contributed by atoms with Gasteiger partial charge in [-0.1, -0.05) is 17.3 Å². The zero-order valence-corrected chi connectivity index (χ0v) is 21.8. The van der Waals surface area contributed by atoms with Crippen molar-refractivity contribution in [2.75, 3.05) is 46.9 Å². The monoisotopic (exact) mass is 504 g/mol. The lowest BCUT2D eigenvalue weighted by Crippen LogP contribution is -2.39. The number of aryl methyl sites for hydroxylation is 1. The summed E-state index contributed by atoms with van der Waals surface area (Å²) in [5.41, 5.74) is 4.43. The fourth-order valence-corrected chi connectivity index (χ4v) is 5.29. The van der Waals surface area contributed by atoms with Crippen molar-refractivity contribution in [3.63, 3.8) is 0 Å². The number of benzene rings is 2. The number of aromatic nitrogens is 1. The Morgan fingerprint density at radius 3 is 2.70 bits per heavy atom. The molecule has 2 aromatic carbocycles. The minimum Gasteiger partial charge on any atom is -0.488 e. The molecule has 5 rings (SSSR count). The van der Waals surface area contributed by atoms with Crippen molar-refractivity contribution < 1.29 is 18.7 Å². The molecule has 37 heavy (non-hydrogen) atoms. The highest BCUT2D eigenvalue weighted by Gasteiger charge is 2.25. The average Bonchev–Trinajstić information content (AvgIpc) is 3.58. The van der Waals surface area contributed by atoms with Crippen LogP contribution in [0.4, 0.5) is 0 Å². The van der Waals surface area contributed by atoms with Crippen LogP contribution in [0.3, 0.4) is 0 Å². The van der Waals surface area contributed by atoms with E-state index >= 15 is 0 Å². The number of nitrogens with zero attached hydrogens (tertiary/aromatic N) is 4. The molecule has 0 spiro atoms. The van der Waals surface area contributed by atoms with Crippen LogP contribution in [-0.2, 0) is 29.0 Å². The van der Waals surface area contributed by atoms with Gasteiger partial charge in [0.2, 0.25) is 0 Å². The zero-order valence-electron chi connectivity index (χ0n) is 21.8. The van der Waals surface area contributed by atoms with Crippen molar-refractivity contribution >= 4 is 11.0 Å². The van der Waals surface area contributed by atoms with Crippen LogP contribution in [-0.4, -0.2) is 68.2 Å². The minimum atomic E-state index is -0.0500. The second kappa shape index (κ2) is 12.1. The maximum absolute atomic E-state index is 9.17. The van der Waals surface area contributed by atoms with Crippen LogP contribution in [0, 0.1) is 17.2 Å². The van der Waals surface area contributed by atoms with E-state index in [2.05, 4.69) is 27.1 Å². The summed E-state index contributed by atoms with van der Waals surface area (Å²) in [6.07, 6.45) is 4.36. The fourth-order valence-electron chi connectivity index (χ4n) is 5.29. The summed E-state index contributed by atoms with van der Waals surface area (Å²) in [6.45, 7) is 5.58. The van der Waals surface area contributed by atoms with Crippen LogP contribution in [0.1, 0.15) is 41.6 Å². The summed E-state index contributed by atoms with van der Waals surface area (Å²) in [4.78, 5) is 4.57. The quantitative estimate of drug-likeness (QED) is 0.403.